The second-order valence-electron chi connectivity index (χ2n) is 5.93. The lowest BCUT2D eigenvalue weighted by Gasteiger charge is -2.34. The number of fused-ring (bicyclic) bond motifs is 1. The van der Waals surface area contributed by atoms with Crippen molar-refractivity contribution in [3.05, 3.63) is 36.0 Å². The molecule has 3 heteroatoms. The van der Waals surface area contributed by atoms with Gasteiger partial charge in [-0.25, -0.2) is 0 Å². The van der Waals surface area contributed by atoms with Crippen LogP contribution in [0.1, 0.15) is 30.8 Å². The minimum atomic E-state index is 0.134. The fraction of sp³-hybridized carbons (Fsp3) is 0.438. The Morgan fingerprint density at radius 1 is 1.21 bits per heavy atom. The molecule has 2 aromatic rings. The zero-order chi connectivity index (χ0) is 13.4. The van der Waals surface area contributed by atoms with Crippen molar-refractivity contribution in [1.29, 1.82) is 0 Å². The maximum Gasteiger partial charge on any atom is 0.270 e. The summed E-state index contributed by atoms with van der Waals surface area (Å²) >= 11 is 0. The third kappa shape index (κ3) is 2.37. The fourth-order valence-electron chi connectivity index (χ4n) is 3.19. The Bertz CT molecular complexity index is 559. The summed E-state index contributed by atoms with van der Waals surface area (Å²) in [6.45, 7) is 6.19. The molecule has 1 aromatic heterocycles. The van der Waals surface area contributed by atoms with Crippen LogP contribution in [0.5, 0.6) is 0 Å². The Labute approximate surface area is 113 Å². The molecule has 0 saturated carbocycles. The number of hydrogen-bond acceptors (Lipinski definition) is 1. The average molecular weight is 256 g/mol. The van der Waals surface area contributed by atoms with Crippen molar-refractivity contribution >= 4 is 16.8 Å². The monoisotopic (exact) mass is 256 g/mol. The van der Waals surface area contributed by atoms with E-state index < -0.39 is 0 Å². The molecule has 0 spiro atoms. The molecule has 1 aliphatic heterocycles. The molecule has 2 atom stereocenters. The number of H-pyrrole nitrogens is 1. The lowest BCUT2D eigenvalue weighted by Crippen LogP contribution is -2.42. The second-order valence-corrected chi connectivity index (χ2v) is 5.93. The molecule has 2 unspecified atom stereocenters. The first kappa shape index (κ1) is 12.3. The number of likely N-dealkylation sites (tertiary alicyclic amines) is 1. The molecule has 3 rings (SSSR count). The molecule has 1 N–H and O–H groups in total. The first-order valence-corrected chi connectivity index (χ1v) is 7.00. The molecule has 0 radical (unpaired) electrons. The normalized spacial score (nSPS) is 23.8. The fourth-order valence-corrected chi connectivity index (χ4v) is 3.19. The molecular weight excluding hydrogens is 236 g/mol. The number of nitrogens with zero attached hydrogens (tertiary/aromatic N) is 1. The lowest BCUT2D eigenvalue weighted by atomic mass is 9.92. The van der Waals surface area contributed by atoms with Crippen LogP contribution in [0.3, 0.4) is 0 Å². The smallest absolute Gasteiger partial charge is 0.270 e. The molecule has 1 aliphatic rings. The molecule has 19 heavy (non-hydrogen) atoms. The number of aromatic amines is 1. The van der Waals surface area contributed by atoms with Crippen molar-refractivity contribution in [1.82, 2.24) is 9.88 Å². The SMILES string of the molecule is CC1CC(C)CN(C(=O)c2cc3ccccc3[nH]2)C1. The maximum absolute atomic E-state index is 12.6. The molecule has 1 amide bonds. The summed E-state index contributed by atoms with van der Waals surface area (Å²) in [5, 5.41) is 1.10. The van der Waals surface area contributed by atoms with Gasteiger partial charge in [-0.3, -0.25) is 4.79 Å². The average Bonchev–Trinajstić information content (AvgIpc) is 2.80. The van der Waals surface area contributed by atoms with Crippen LogP contribution in [0.15, 0.2) is 30.3 Å². The van der Waals surface area contributed by atoms with Crippen molar-refractivity contribution in [2.24, 2.45) is 11.8 Å². The van der Waals surface area contributed by atoms with Gasteiger partial charge in [0.1, 0.15) is 5.69 Å². The second kappa shape index (κ2) is 4.72. The van der Waals surface area contributed by atoms with Crippen molar-refractivity contribution in [3.63, 3.8) is 0 Å². The van der Waals surface area contributed by atoms with Crippen LogP contribution >= 0.6 is 0 Å². The number of hydrogen-bond donors (Lipinski definition) is 1. The molecule has 1 fully saturated rings. The van der Waals surface area contributed by atoms with E-state index in [1.807, 2.05) is 35.2 Å². The minimum Gasteiger partial charge on any atom is -0.351 e. The first-order chi connectivity index (χ1) is 9.13. The highest BCUT2D eigenvalue weighted by atomic mass is 16.2. The van der Waals surface area contributed by atoms with Gasteiger partial charge >= 0.3 is 0 Å². The van der Waals surface area contributed by atoms with E-state index in [1.165, 1.54) is 6.42 Å². The number of nitrogens with one attached hydrogen (secondary N) is 1. The quantitative estimate of drug-likeness (QED) is 0.835. The van der Waals surface area contributed by atoms with Gasteiger partial charge < -0.3 is 9.88 Å². The Morgan fingerprint density at radius 2 is 1.89 bits per heavy atom. The Hall–Kier alpha value is -1.77. The number of aromatic nitrogens is 1. The third-order valence-corrected chi connectivity index (χ3v) is 3.92. The Morgan fingerprint density at radius 3 is 2.58 bits per heavy atom. The molecule has 100 valence electrons. The van der Waals surface area contributed by atoms with Gasteiger partial charge in [-0.15, -0.1) is 0 Å². The van der Waals surface area contributed by atoms with Crippen LogP contribution in [-0.4, -0.2) is 28.9 Å². The van der Waals surface area contributed by atoms with E-state index >= 15 is 0 Å². The highest BCUT2D eigenvalue weighted by Gasteiger charge is 2.26. The summed E-state index contributed by atoms with van der Waals surface area (Å²) in [5.41, 5.74) is 1.74. The summed E-state index contributed by atoms with van der Waals surface area (Å²) in [6.07, 6.45) is 1.22. The van der Waals surface area contributed by atoms with Crippen LogP contribution in [0.25, 0.3) is 10.9 Å². The van der Waals surface area contributed by atoms with Crippen LogP contribution in [0.4, 0.5) is 0 Å². The van der Waals surface area contributed by atoms with Gasteiger partial charge in [0.25, 0.3) is 5.91 Å². The highest BCUT2D eigenvalue weighted by Crippen LogP contribution is 2.23. The summed E-state index contributed by atoms with van der Waals surface area (Å²) < 4.78 is 0. The first-order valence-electron chi connectivity index (χ1n) is 7.00. The van der Waals surface area contributed by atoms with Gasteiger partial charge in [0.05, 0.1) is 0 Å². The summed E-state index contributed by atoms with van der Waals surface area (Å²) in [6, 6.07) is 9.98. The van der Waals surface area contributed by atoms with Gasteiger partial charge in [0.2, 0.25) is 0 Å². The Kier molecular flexibility index (Phi) is 3.05. The van der Waals surface area contributed by atoms with Crippen molar-refractivity contribution < 1.29 is 4.79 Å². The summed E-state index contributed by atoms with van der Waals surface area (Å²) in [7, 11) is 0. The number of amides is 1. The van der Waals surface area contributed by atoms with E-state index in [0.29, 0.717) is 17.5 Å². The minimum absolute atomic E-state index is 0.134. The van der Waals surface area contributed by atoms with E-state index in [4.69, 9.17) is 0 Å². The molecule has 1 aromatic carbocycles. The molecule has 3 nitrogen and oxygen atoms in total. The number of carbonyl (C=O) groups excluding carboxylic acids is 1. The summed E-state index contributed by atoms with van der Waals surface area (Å²) in [5.74, 6) is 1.32. The highest BCUT2D eigenvalue weighted by molar-refractivity contribution is 5.98. The zero-order valence-electron chi connectivity index (χ0n) is 11.5. The third-order valence-electron chi connectivity index (χ3n) is 3.92. The van der Waals surface area contributed by atoms with Crippen LogP contribution < -0.4 is 0 Å². The van der Waals surface area contributed by atoms with E-state index in [-0.39, 0.29) is 5.91 Å². The molecule has 0 bridgehead atoms. The molecule has 1 saturated heterocycles. The van der Waals surface area contributed by atoms with E-state index in [1.54, 1.807) is 0 Å². The van der Waals surface area contributed by atoms with Crippen molar-refractivity contribution in [2.45, 2.75) is 20.3 Å². The van der Waals surface area contributed by atoms with Gasteiger partial charge in [-0.1, -0.05) is 32.0 Å². The van der Waals surface area contributed by atoms with Gasteiger partial charge in [-0.2, -0.15) is 0 Å². The zero-order valence-corrected chi connectivity index (χ0v) is 11.5. The van der Waals surface area contributed by atoms with Crippen LogP contribution in [0, 0.1) is 11.8 Å². The summed E-state index contributed by atoms with van der Waals surface area (Å²) in [4.78, 5) is 17.8. The number of rotatable bonds is 1. The Balaban J connectivity index is 1.86. The lowest BCUT2D eigenvalue weighted by molar-refractivity contribution is 0.0618. The largest absolute Gasteiger partial charge is 0.351 e. The van der Waals surface area contributed by atoms with E-state index in [9.17, 15) is 4.79 Å². The van der Waals surface area contributed by atoms with E-state index in [2.05, 4.69) is 18.8 Å². The number of piperidine rings is 1. The van der Waals surface area contributed by atoms with Crippen LogP contribution in [0.2, 0.25) is 0 Å². The van der Waals surface area contributed by atoms with Gasteiger partial charge in [-0.05, 0) is 30.4 Å². The number of para-hydroxylation sites is 1. The molecule has 2 heterocycles. The molecule has 0 aliphatic carbocycles. The van der Waals surface area contributed by atoms with Crippen molar-refractivity contribution in [2.75, 3.05) is 13.1 Å². The van der Waals surface area contributed by atoms with Gasteiger partial charge in [0, 0.05) is 24.0 Å². The predicted octanol–water partition coefficient (Wildman–Crippen LogP) is 3.29. The van der Waals surface area contributed by atoms with Crippen LogP contribution in [-0.2, 0) is 0 Å². The van der Waals surface area contributed by atoms with Crippen molar-refractivity contribution in [3.8, 4) is 0 Å². The standard InChI is InChI=1S/C16H20N2O/c1-11-7-12(2)10-18(9-11)16(19)15-8-13-5-3-4-6-14(13)17-15/h3-6,8,11-12,17H,7,9-10H2,1-2H3. The number of benzene rings is 1. The maximum atomic E-state index is 12.6. The van der Waals surface area contributed by atoms with E-state index in [0.717, 1.165) is 24.0 Å². The molecular formula is C16H20N2O. The topological polar surface area (TPSA) is 36.1 Å². The van der Waals surface area contributed by atoms with Gasteiger partial charge in [0.15, 0.2) is 0 Å². The predicted molar refractivity (Wildman–Crippen MR) is 77.1 cm³/mol. The number of carbonyl (C=O) groups is 1.